The third kappa shape index (κ3) is 3.04. The Balaban J connectivity index is 2.66. The number of allylic oxidation sites excluding steroid dienone is 1. The number of phenols is 2. The fourth-order valence-electron chi connectivity index (χ4n) is 2.58. The Hall–Kier alpha value is -2.82. The van der Waals surface area contributed by atoms with Crippen molar-refractivity contribution < 1.29 is 24.4 Å². The summed E-state index contributed by atoms with van der Waals surface area (Å²) in [6.07, 6.45) is 1.73. The molecule has 0 aliphatic heterocycles. The van der Waals surface area contributed by atoms with Gasteiger partial charge in [0.15, 0.2) is 11.5 Å². The molecule has 0 spiro atoms. The maximum Gasteiger partial charge on any atom is 0.207 e. The minimum Gasteiger partial charge on any atom is -0.508 e. The Morgan fingerprint density at radius 1 is 0.913 bits per heavy atom. The van der Waals surface area contributed by atoms with Gasteiger partial charge in [0, 0.05) is 11.5 Å². The third-order valence-corrected chi connectivity index (χ3v) is 3.63. The summed E-state index contributed by atoms with van der Waals surface area (Å²) in [4.78, 5) is 0. The Kier molecular flexibility index (Phi) is 5.01. The van der Waals surface area contributed by atoms with Gasteiger partial charge in [-0.05, 0) is 23.8 Å². The molecule has 0 bridgehead atoms. The van der Waals surface area contributed by atoms with Gasteiger partial charge in [0.1, 0.15) is 5.75 Å². The molecule has 0 radical (unpaired) electrons. The van der Waals surface area contributed by atoms with Gasteiger partial charge in [-0.1, -0.05) is 18.2 Å². The molecule has 0 aliphatic carbocycles. The largest absolute Gasteiger partial charge is 0.508 e. The highest BCUT2D eigenvalue weighted by Crippen LogP contribution is 2.49. The minimum absolute atomic E-state index is 0.0502. The Morgan fingerprint density at radius 2 is 1.48 bits per heavy atom. The van der Waals surface area contributed by atoms with Crippen LogP contribution in [0.1, 0.15) is 17.0 Å². The number of hydrogen-bond donors (Lipinski definition) is 2. The lowest BCUT2D eigenvalue weighted by Gasteiger charge is -2.21. The average molecular weight is 316 g/mol. The maximum atomic E-state index is 10.2. The first-order valence-electron chi connectivity index (χ1n) is 7.00. The van der Waals surface area contributed by atoms with Crippen LogP contribution in [0.25, 0.3) is 0 Å². The van der Waals surface area contributed by atoms with E-state index >= 15 is 0 Å². The standard InChI is InChI=1S/C18H20O5/c1-5-13(11-6-8-12(19)9-7-11)14-10-15(20)17(22-3)18(23-4)16(14)21-2/h5-10,13,19-20H,1H2,2-4H3. The molecule has 0 heterocycles. The topological polar surface area (TPSA) is 68.2 Å². The fraction of sp³-hybridized carbons (Fsp3) is 0.222. The van der Waals surface area contributed by atoms with Crippen LogP contribution in [0.2, 0.25) is 0 Å². The molecule has 23 heavy (non-hydrogen) atoms. The highest BCUT2D eigenvalue weighted by molar-refractivity contribution is 5.64. The molecule has 0 fully saturated rings. The second-order valence-electron chi connectivity index (χ2n) is 4.89. The number of phenolic OH excluding ortho intramolecular Hbond substituents is 2. The summed E-state index contributed by atoms with van der Waals surface area (Å²) in [5.74, 6) is 0.859. The van der Waals surface area contributed by atoms with E-state index in [1.54, 1.807) is 36.4 Å². The summed E-state index contributed by atoms with van der Waals surface area (Å²) in [5.41, 5.74) is 1.58. The monoisotopic (exact) mass is 316 g/mol. The van der Waals surface area contributed by atoms with E-state index in [-0.39, 0.29) is 23.2 Å². The van der Waals surface area contributed by atoms with Crippen molar-refractivity contribution in [2.24, 2.45) is 0 Å². The van der Waals surface area contributed by atoms with Gasteiger partial charge in [-0.25, -0.2) is 0 Å². The van der Waals surface area contributed by atoms with Crippen molar-refractivity contribution in [3.05, 3.63) is 54.1 Å². The molecule has 0 saturated carbocycles. The molecule has 122 valence electrons. The van der Waals surface area contributed by atoms with Gasteiger partial charge in [0.25, 0.3) is 0 Å². The summed E-state index contributed by atoms with van der Waals surface area (Å²) in [7, 11) is 4.45. The lowest BCUT2D eigenvalue weighted by Crippen LogP contribution is -2.04. The van der Waals surface area contributed by atoms with Crippen molar-refractivity contribution >= 4 is 0 Å². The summed E-state index contributed by atoms with van der Waals surface area (Å²) in [6, 6.07) is 8.33. The van der Waals surface area contributed by atoms with Gasteiger partial charge in [-0.15, -0.1) is 6.58 Å². The van der Waals surface area contributed by atoms with Crippen molar-refractivity contribution in [1.29, 1.82) is 0 Å². The molecule has 1 atom stereocenters. The second kappa shape index (κ2) is 6.96. The molecule has 5 nitrogen and oxygen atoms in total. The van der Waals surface area contributed by atoms with E-state index in [1.807, 2.05) is 0 Å². The molecule has 0 aliphatic rings. The first-order chi connectivity index (χ1) is 11.1. The Bertz CT molecular complexity index is 692. The SMILES string of the molecule is C=CC(c1ccc(O)cc1)c1cc(O)c(OC)c(OC)c1OC. The average Bonchev–Trinajstić information content (AvgIpc) is 2.56. The van der Waals surface area contributed by atoms with E-state index in [1.165, 1.54) is 21.3 Å². The number of methoxy groups -OCH3 is 3. The van der Waals surface area contributed by atoms with E-state index in [2.05, 4.69) is 6.58 Å². The summed E-state index contributed by atoms with van der Waals surface area (Å²) < 4.78 is 16.0. The smallest absolute Gasteiger partial charge is 0.207 e. The van der Waals surface area contributed by atoms with Crippen molar-refractivity contribution in [1.82, 2.24) is 0 Å². The van der Waals surface area contributed by atoms with Gasteiger partial charge < -0.3 is 24.4 Å². The van der Waals surface area contributed by atoms with Crippen LogP contribution in [0.15, 0.2) is 43.0 Å². The zero-order chi connectivity index (χ0) is 17.0. The number of benzene rings is 2. The molecule has 2 rings (SSSR count). The second-order valence-corrected chi connectivity index (χ2v) is 4.89. The van der Waals surface area contributed by atoms with Crippen LogP contribution in [0.5, 0.6) is 28.7 Å². The molecular formula is C18H20O5. The molecule has 2 aromatic rings. The Morgan fingerprint density at radius 3 is 1.96 bits per heavy atom. The zero-order valence-corrected chi connectivity index (χ0v) is 13.4. The predicted molar refractivity (Wildman–Crippen MR) is 87.9 cm³/mol. The van der Waals surface area contributed by atoms with Crippen molar-refractivity contribution in [3.8, 4) is 28.7 Å². The summed E-state index contributed by atoms with van der Waals surface area (Å²) in [6.45, 7) is 3.87. The molecular weight excluding hydrogens is 296 g/mol. The third-order valence-electron chi connectivity index (χ3n) is 3.63. The number of hydrogen-bond acceptors (Lipinski definition) is 5. The normalized spacial score (nSPS) is 11.6. The quantitative estimate of drug-likeness (QED) is 0.799. The molecule has 0 aromatic heterocycles. The Labute approximate surface area is 135 Å². The van der Waals surface area contributed by atoms with E-state index < -0.39 is 0 Å². The van der Waals surface area contributed by atoms with E-state index in [4.69, 9.17) is 14.2 Å². The first-order valence-corrected chi connectivity index (χ1v) is 7.00. The van der Waals surface area contributed by atoms with Crippen molar-refractivity contribution in [3.63, 3.8) is 0 Å². The number of ether oxygens (including phenoxy) is 3. The number of aromatic hydroxyl groups is 2. The van der Waals surface area contributed by atoms with Crippen molar-refractivity contribution in [2.45, 2.75) is 5.92 Å². The highest BCUT2D eigenvalue weighted by Gasteiger charge is 2.25. The van der Waals surface area contributed by atoms with Gasteiger partial charge in [0.05, 0.1) is 21.3 Å². The molecule has 1 unspecified atom stereocenters. The molecule has 0 saturated heterocycles. The summed E-state index contributed by atoms with van der Waals surface area (Å²) >= 11 is 0. The molecule has 2 aromatic carbocycles. The van der Waals surface area contributed by atoms with Crippen LogP contribution >= 0.6 is 0 Å². The van der Waals surface area contributed by atoms with E-state index in [9.17, 15) is 10.2 Å². The van der Waals surface area contributed by atoms with Gasteiger partial charge in [-0.3, -0.25) is 0 Å². The maximum absolute atomic E-state index is 10.2. The minimum atomic E-state index is -0.253. The molecule has 0 amide bonds. The van der Waals surface area contributed by atoms with Crippen LogP contribution < -0.4 is 14.2 Å². The van der Waals surface area contributed by atoms with Gasteiger partial charge in [-0.2, -0.15) is 0 Å². The number of rotatable bonds is 6. The van der Waals surface area contributed by atoms with Gasteiger partial charge >= 0.3 is 0 Å². The fourth-order valence-corrected chi connectivity index (χ4v) is 2.58. The van der Waals surface area contributed by atoms with Crippen LogP contribution in [0, 0.1) is 0 Å². The van der Waals surface area contributed by atoms with Crippen LogP contribution in [-0.2, 0) is 0 Å². The van der Waals surface area contributed by atoms with Crippen molar-refractivity contribution in [2.75, 3.05) is 21.3 Å². The van der Waals surface area contributed by atoms with Crippen LogP contribution in [-0.4, -0.2) is 31.5 Å². The zero-order valence-electron chi connectivity index (χ0n) is 13.4. The van der Waals surface area contributed by atoms with Crippen LogP contribution in [0.3, 0.4) is 0 Å². The molecule has 2 N–H and O–H groups in total. The van der Waals surface area contributed by atoms with E-state index in [0.717, 1.165) is 5.56 Å². The van der Waals surface area contributed by atoms with Gasteiger partial charge in [0.2, 0.25) is 11.5 Å². The van der Waals surface area contributed by atoms with E-state index in [0.29, 0.717) is 17.1 Å². The summed E-state index contributed by atoms with van der Waals surface area (Å²) in [5, 5.41) is 19.7. The lowest BCUT2D eigenvalue weighted by atomic mass is 9.90. The molecule has 5 heteroatoms. The predicted octanol–water partition coefficient (Wildman–Crippen LogP) is 3.44. The van der Waals surface area contributed by atoms with Crippen LogP contribution in [0.4, 0.5) is 0 Å². The first kappa shape index (κ1) is 16.5. The highest BCUT2D eigenvalue weighted by atomic mass is 16.5. The lowest BCUT2D eigenvalue weighted by molar-refractivity contribution is 0.308.